The average Bonchev–Trinajstić information content (AvgIpc) is 3.16. The van der Waals surface area contributed by atoms with Gasteiger partial charge in [0.25, 0.3) is 0 Å². The Morgan fingerprint density at radius 2 is 0.755 bits per heavy atom. The van der Waals surface area contributed by atoms with Crippen molar-refractivity contribution in [3.05, 3.63) is 36.5 Å². The van der Waals surface area contributed by atoms with E-state index in [1.807, 2.05) is 0 Å². The molecular weight excluding hydrogens is 657 g/mol. The lowest BCUT2D eigenvalue weighted by Crippen LogP contribution is -2.28. The highest BCUT2D eigenvalue weighted by Crippen LogP contribution is 2.15. The molecule has 0 aromatic rings. The second-order valence-electron chi connectivity index (χ2n) is 15.5. The van der Waals surface area contributed by atoms with E-state index in [1.165, 1.54) is 161 Å². The number of aliphatic hydroxyl groups is 1. The van der Waals surface area contributed by atoms with Crippen molar-refractivity contribution in [1.82, 2.24) is 0 Å². The van der Waals surface area contributed by atoms with Gasteiger partial charge in [0, 0.05) is 12.8 Å². The highest BCUT2D eigenvalue weighted by atomic mass is 16.6. The first-order chi connectivity index (χ1) is 26.1. The minimum absolute atomic E-state index is 0.0623. The summed E-state index contributed by atoms with van der Waals surface area (Å²) < 4.78 is 10.6. The summed E-state index contributed by atoms with van der Waals surface area (Å²) in [7, 11) is 0. The zero-order chi connectivity index (χ0) is 38.6. The Kier molecular flexibility index (Phi) is 42.9. The summed E-state index contributed by atoms with van der Waals surface area (Å²) in [5, 5.41) is 9.56. The number of carbonyl (C=O) groups is 2. The van der Waals surface area contributed by atoms with Crippen LogP contribution in [0.5, 0.6) is 0 Å². The van der Waals surface area contributed by atoms with E-state index in [4.69, 9.17) is 9.47 Å². The van der Waals surface area contributed by atoms with Crippen LogP contribution in [0.1, 0.15) is 239 Å². The molecule has 0 aliphatic rings. The molecule has 0 saturated heterocycles. The van der Waals surface area contributed by atoms with Crippen molar-refractivity contribution >= 4 is 11.9 Å². The van der Waals surface area contributed by atoms with Crippen molar-refractivity contribution in [1.29, 1.82) is 0 Å². The molecule has 310 valence electrons. The van der Waals surface area contributed by atoms with Gasteiger partial charge in [-0.1, -0.05) is 211 Å². The lowest BCUT2D eigenvalue weighted by Gasteiger charge is -2.15. The fourth-order valence-electron chi connectivity index (χ4n) is 6.68. The molecule has 1 unspecified atom stereocenters. The molecule has 1 atom stereocenters. The molecule has 0 fully saturated rings. The van der Waals surface area contributed by atoms with Crippen LogP contribution in [0.2, 0.25) is 0 Å². The molecule has 5 nitrogen and oxygen atoms in total. The van der Waals surface area contributed by atoms with Crippen LogP contribution in [0, 0.1) is 0 Å². The van der Waals surface area contributed by atoms with Gasteiger partial charge in [-0.3, -0.25) is 9.59 Å². The third-order valence-electron chi connectivity index (χ3n) is 10.2. The molecule has 0 aliphatic carbocycles. The summed E-state index contributed by atoms with van der Waals surface area (Å²) >= 11 is 0. The van der Waals surface area contributed by atoms with E-state index in [0.717, 1.165) is 51.4 Å². The molecule has 0 rings (SSSR count). The first-order valence-electron chi connectivity index (χ1n) is 23.0. The molecule has 0 saturated carbocycles. The smallest absolute Gasteiger partial charge is 0.306 e. The number of esters is 2. The average molecular weight is 745 g/mol. The van der Waals surface area contributed by atoms with Gasteiger partial charge < -0.3 is 14.6 Å². The summed E-state index contributed by atoms with van der Waals surface area (Å²) in [6.45, 7) is 4.12. The number of hydrogen-bond donors (Lipinski definition) is 1. The van der Waals surface area contributed by atoms with Crippen molar-refractivity contribution in [2.75, 3.05) is 13.2 Å². The van der Waals surface area contributed by atoms with Gasteiger partial charge in [0.2, 0.25) is 0 Å². The molecule has 0 spiro atoms. The van der Waals surface area contributed by atoms with Gasteiger partial charge in [-0.15, -0.1) is 0 Å². The third-order valence-corrected chi connectivity index (χ3v) is 10.2. The monoisotopic (exact) mass is 745 g/mol. The Morgan fingerprint density at radius 3 is 1.13 bits per heavy atom. The van der Waals surface area contributed by atoms with E-state index in [9.17, 15) is 14.7 Å². The van der Waals surface area contributed by atoms with Crippen LogP contribution in [0.25, 0.3) is 0 Å². The summed E-state index contributed by atoms with van der Waals surface area (Å²) in [6, 6.07) is 0. The fourth-order valence-corrected chi connectivity index (χ4v) is 6.68. The van der Waals surface area contributed by atoms with E-state index in [-0.39, 0.29) is 25.2 Å². The van der Waals surface area contributed by atoms with E-state index in [2.05, 4.69) is 50.3 Å². The van der Waals surface area contributed by atoms with Gasteiger partial charge in [-0.05, 0) is 51.4 Å². The van der Waals surface area contributed by atoms with Crippen molar-refractivity contribution in [3.8, 4) is 0 Å². The highest BCUT2D eigenvalue weighted by molar-refractivity contribution is 5.70. The molecule has 0 aliphatic heterocycles. The zero-order valence-electron chi connectivity index (χ0n) is 35.3. The summed E-state index contributed by atoms with van der Waals surface area (Å²) in [6.07, 6.45) is 55.2. The van der Waals surface area contributed by atoms with E-state index >= 15 is 0 Å². The van der Waals surface area contributed by atoms with Gasteiger partial charge in [0.05, 0.1) is 6.61 Å². The Hall–Kier alpha value is -1.88. The predicted molar refractivity (Wildman–Crippen MR) is 228 cm³/mol. The number of ether oxygens (including phenoxy) is 2. The van der Waals surface area contributed by atoms with Crippen LogP contribution < -0.4 is 0 Å². The standard InChI is InChI=1S/C48H88O5/c1-3-5-7-9-11-13-15-16-17-18-19-20-21-22-23-24-25-26-27-28-29-30-31-32-33-35-37-39-41-43-48(51)53-46(44-49)45-52-47(50)42-40-38-36-34-14-12-10-8-6-4-2/h15-16,18-19,21-22,46,49H,3-14,17,20,23-45H2,1-2H3/b16-15-,19-18-,22-21-. The lowest BCUT2D eigenvalue weighted by atomic mass is 10.0. The number of allylic oxidation sites excluding steroid dienone is 6. The number of hydrogen-bond acceptors (Lipinski definition) is 5. The summed E-state index contributed by atoms with van der Waals surface area (Å²) in [4.78, 5) is 24.2. The summed E-state index contributed by atoms with van der Waals surface area (Å²) in [5.74, 6) is -0.585. The Balaban J connectivity index is 3.46. The van der Waals surface area contributed by atoms with Gasteiger partial charge in [-0.2, -0.15) is 0 Å². The molecular formula is C48H88O5. The Labute approximate surface area is 329 Å². The highest BCUT2D eigenvalue weighted by Gasteiger charge is 2.16. The minimum atomic E-state index is -0.767. The largest absolute Gasteiger partial charge is 0.462 e. The number of rotatable bonds is 42. The van der Waals surface area contributed by atoms with Gasteiger partial charge in [-0.25, -0.2) is 0 Å². The predicted octanol–water partition coefficient (Wildman–Crippen LogP) is 14.8. The minimum Gasteiger partial charge on any atom is -0.462 e. The molecule has 1 N–H and O–H groups in total. The Bertz CT molecular complexity index is 847. The van der Waals surface area contributed by atoms with E-state index < -0.39 is 6.10 Å². The molecule has 0 amide bonds. The second kappa shape index (κ2) is 44.5. The first-order valence-corrected chi connectivity index (χ1v) is 23.0. The maximum atomic E-state index is 12.2. The third kappa shape index (κ3) is 42.7. The van der Waals surface area contributed by atoms with Gasteiger partial charge in [0.15, 0.2) is 6.10 Å². The SMILES string of the molecule is CCCCCCC/C=C\C/C=C\C/C=C\CCCCCCCCCCCCCCCCC(=O)OC(CO)COC(=O)CCCCCCCCCCCC. The molecule has 0 bridgehead atoms. The van der Waals surface area contributed by atoms with Crippen molar-refractivity contribution in [2.24, 2.45) is 0 Å². The summed E-state index contributed by atoms with van der Waals surface area (Å²) in [5.41, 5.74) is 0. The van der Waals surface area contributed by atoms with Crippen LogP contribution in [-0.2, 0) is 19.1 Å². The molecule has 0 aromatic heterocycles. The van der Waals surface area contributed by atoms with Crippen LogP contribution >= 0.6 is 0 Å². The normalized spacial score (nSPS) is 12.4. The van der Waals surface area contributed by atoms with Gasteiger partial charge >= 0.3 is 11.9 Å². The quantitative estimate of drug-likeness (QED) is 0.0383. The maximum Gasteiger partial charge on any atom is 0.306 e. The molecule has 0 aromatic carbocycles. The maximum absolute atomic E-state index is 12.2. The molecule has 53 heavy (non-hydrogen) atoms. The van der Waals surface area contributed by atoms with Crippen molar-refractivity contribution in [3.63, 3.8) is 0 Å². The van der Waals surface area contributed by atoms with Crippen LogP contribution in [0.15, 0.2) is 36.5 Å². The molecule has 0 heterocycles. The van der Waals surface area contributed by atoms with E-state index in [0.29, 0.717) is 12.8 Å². The zero-order valence-corrected chi connectivity index (χ0v) is 35.3. The van der Waals surface area contributed by atoms with Crippen LogP contribution in [-0.4, -0.2) is 36.4 Å². The van der Waals surface area contributed by atoms with Crippen molar-refractivity contribution < 1.29 is 24.2 Å². The first kappa shape index (κ1) is 51.1. The Morgan fingerprint density at radius 1 is 0.434 bits per heavy atom. The number of unbranched alkanes of at least 4 members (excludes halogenated alkanes) is 28. The van der Waals surface area contributed by atoms with Crippen molar-refractivity contribution in [2.45, 2.75) is 245 Å². The fraction of sp³-hybridized carbons (Fsp3) is 0.833. The number of aliphatic hydroxyl groups excluding tert-OH is 1. The van der Waals surface area contributed by atoms with Gasteiger partial charge in [0.1, 0.15) is 6.61 Å². The second-order valence-corrected chi connectivity index (χ2v) is 15.5. The van der Waals surface area contributed by atoms with Crippen LogP contribution in [0.3, 0.4) is 0 Å². The lowest BCUT2D eigenvalue weighted by molar-refractivity contribution is -0.161. The van der Waals surface area contributed by atoms with E-state index in [1.54, 1.807) is 0 Å². The molecule has 0 radical (unpaired) electrons. The number of carbonyl (C=O) groups excluding carboxylic acids is 2. The molecule has 5 heteroatoms. The van der Waals surface area contributed by atoms with Crippen LogP contribution in [0.4, 0.5) is 0 Å². The topological polar surface area (TPSA) is 72.8 Å².